The van der Waals surface area contributed by atoms with Crippen molar-refractivity contribution >= 4 is 23.5 Å². The van der Waals surface area contributed by atoms with Crippen LogP contribution < -0.4 is 15.6 Å². The van der Waals surface area contributed by atoms with Gasteiger partial charge in [0.05, 0.1) is 5.69 Å². The molecule has 0 aliphatic carbocycles. The molecule has 3 aromatic rings. The molecule has 0 saturated carbocycles. The van der Waals surface area contributed by atoms with Crippen LogP contribution in [0.2, 0.25) is 0 Å². The Morgan fingerprint density at radius 2 is 2.11 bits per heavy atom. The maximum absolute atomic E-state index is 12.7. The van der Waals surface area contributed by atoms with Gasteiger partial charge >= 0.3 is 0 Å². The second-order valence-corrected chi connectivity index (χ2v) is 7.24. The smallest absolute Gasteiger partial charge is 0.273 e. The lowest BCUT2D eigenvalue weighted by atomic mass is 10.2. The molecule has 1 aromatic carbocycles. The zero-order chi connectivity index (χ0) is 18.6. The highest BCUT2D eigenvalue weighted by Crippen LogP contribution is 2.24. The molecule has 0 unspecified atom stereocenters. The summed E-state index contributed by atoms with van der Waals surface area (Å²) < 4.78 is 7.26. The number of para-hydroxylation sites is 1. The van der Waals surface area contributed by atoms with Gasteiger partial charge in [-0.1, -0.05) is 18.2 Å². The highest BCUT2D eigenvalue weighted by atomic mass is 32.2. The molecule has 1 fully saturated rings. The SMILES string of the molecule is O=C(Nc1cc(=O)n(-c2ccccc2)[nH]1)c1cccnc1O[C@@H]1CCSC1. The van der Waals surface area contributed by atoms with Crippen molar-refractivity contribution in [2.75, 3.05) is 16.8 Å². The minimum Gasteiger partial charge on any atom is -0.473 e. The number of nitrogens with zero attached hydrogens (tertiary/aromatic N) is 2. The van der Waals surface area contributed by atoms with Crippen molar-refractivity contribution in [1.82, 2.24) is 14.8 Å². The number of amides is 1. The Balaban J connectivity index is 1.54. The molecular formula is C19H18N4O3S. The molecule has 0 spiro atoms. The standard InChI is InChI=1S/C19H18N4O3S/c24-17-11-16(22-23(17)13-5-2-1-3-6-13)21-18(25)15-7-4-9-20-19(15)26-14-8-10-27-12-14/h1-7,9,11,14,22H,8,10,12H2,(H,21,25)/t14-/m1/s1. The van der Waals surface area contributed by atoms with Crippen LogP contribution >= 0.6 is 11.8 Å². The first-order valence-electron chi connectivity index (χ1n) is 8.59. The van der Waals surface area contributed by atoms with Gasteiger partial charge in [-0.2, -0.15) is 11.8 Å². The van der Waals surface area contributed by atoms with Crippen molar-refractivity contribution in [3.63, 3.8) is 0 Å². The summed E-state index contributed by atoms with van der Waals surface area (Å²) in [5.74, 6) is 2.18. The monoisotopic (exact) mass is 382 g/mol. The van der Waals surface area contributed by atoms with Gasteiger partial charge in [-0.05, 0) is 36.4 Å². The summed E-state index contributed by atoms with van der Waals surface area (Å²) in [6.45, 7) is 0. The normalized spacial score (nSPS) is 16.2. The number of carbonyl (C=O) groups is 1. The van der Waals surface area contributed by atoms with Gasteiger partial charge in [0, 0.05) is 18.0 Å². The first-order valence-corrected chi connectivity index (χ1v) is 9.74. The number of ether oxygens (including phenoxy) is 1. The van der Waals surface area contributed by atoms with Gasteiger partial charge in [-0.15, -0.1) is 0 Å². The van der Waals surface area contributed by atoms with Crippen molar-refractivity contribution in [2.45, 2.75) is 12.5 Å². The van der Waals surface area contributed by atoms with Crippen LogP contribution in [-0.2, 0) is 0 Å². The molecule has 1 amide bonds. The molecule has 2 N–H and O–H groups in total. The summed E-state index contributed by atoms with van der Waals surface area (Å²) in [4.78, 5) is 29.1. The Hall–Kier alpha value is -3.00. The maximum atomic E-state index is 12.7. The van der Waals surface area contributed by atoms with Crippen molar-refractivity contribution in [2.24, 2.45) is 0 Å². The summed E-state index contributed by atoms with van der Waals surface area (Å²) in [6.07, 6.45) is 2.60. The Morgan fingerprint density at radius 1 is 1.26 bits per heavy atom. The fraction of sp³-hybridized carbons (Fsp3) is 0.211. The average molecular weight is 382 g/mol. The Morgan fingerprint density at radius 3 is 2.89 bits per heavy atom. The summed E-state index contributed by atoms with van der Waals surface area (Å²) in [6, 6.07) is 13.8. The van der Waals surface area contributed by atoms with Crippen LogP contribution in [0.25, 0.3) is 5.69 Å². The second-order valence-electron chi connectivity index (χ2n) is 6.09. The van der Waals surface area contributed by atoms with Crippen molar-refractivity contribution in [1.29, 1.82) is 0 Å². The molecule has 0 radical (unpaired) electrons. The van der Waals surface area contributed by atoms with E-state index in [0.717, 1.165) is 17.9 Å². The molecule has 1 saturated heterocycles. The Bertz CT molecular complexity index is 993. The number of nitrogens with one attached hydrogen (secondary N) is 2. The van der Waals surface area contributed by atoms with Gasteiger partial charge in [0.2, 0.25) is 5.88 Å². The van der Waals surface area contributed by atoms with Gasteiger partial charge in [0.15, 0.2) is 0 Å². The first-order chi connectivity index (χ1) is 13.2. The number of benzene rings is 1. The van der Waals surface area contributed by atoms with Crippen LogP contribution in [0.3, 0.4) is 0 Å². The predicted molar refractivity (Wildman–Crippen MR) is 105 cm³/mol. The zero-order valence-corrected chi connectivity index (χ0v) is 15.2. The first kappa shape index (κ1) is 17.4. The molecule has 27 heavy (non-hydrogen) atoms. The van der Waals surface area contributed by atoms with Crippen LogP contribution in [0.4, 0.5) is 5.82 Å². The number of rotatable bonds is 5. The largest absolute Gasteiger partial charge is 0.473 e. The molecular weight excluding hydrogens is 364 g/mol. The zero-order valence-electron chi connectivity index (χ0n) is 14.4. The number of thioether (sulfide) groups is 1. The minimum atomic E-state index is -0.384. The summed E-state index contributed by atoms with van der Waals surface area (Å²) in [7, 11) is 0. The van der Waals surface area contributed by atoms with E-state index >= 15 is 0 Å². The van der Waals surface area contributed by atoms with Gasteiger partial charge in [0.25, 0.3) is 11.5 Å². The van der Waals surface area contributed by atoms with Crippen LogP contribution in [0.15, 0.2) is 59.5 Å². The van der Waals surface area contributed by atoms with E-state index in [-0.39, 0.29) is 17.6 Å². The van der Waals surface area contributed by atoms with E-state index in [1.807, 2.05) is 30.0 Å². The third-order valence-corrected chi connectivity index (χ3v) is 5.30. The molecule has 0 bridgehead atoms. The molecule has 1 aliphatic heterocycles. The number of carbonyl (C=O) groups excluding carboxylic acids is 1. The van der Waals surface area contributed by atoms with E-state index in [9.17, 15) is 9.59 Å². The molecule has 8 heteroatoms. The number of H-pyrrole nitrogens is 1. The number of pyridine rings is 1. The number of hydrogen-bond acceptors (Lipinski definition) is 5. The molecule has 1 aliphatic rings. The molecule has 7 nitrogen and oxygen atoms in total. The molecule has 4 rings (SSSR count). The lowest BCUT2D eigenvalue weighted by Gasteiger charge is -2.14. The van der Waals surface area contributed by atoms with E-state index in [1.165, 1.54) is 10.7 Å². The van der Waals surface area contributed by atoms with Gasteiger partial charge in [-0.3, -0.25) is 14.7 Å². The van der Waals surface area contributed by atoms with Gasteiger partial charge < -0.3 is 10.1 Å². The van der Waals surface area contributed by atoms with E-state index in [0.29, 0.717) is 22.9 Å². The molecule has 2 aromatic heterocycles. The predicted octanol–water partition coefficient (Wildman–Crippen LogP) is 2.70. The topological polar surface area (TPSA) is 89.0 Å². The van der Waals surface area contributed by atoms with E-state index in [4.69, 9.17) is 4.74 Å². The lowest BCUT2D eigenvalue weighted by Crippen LogP contribution is -2.20. The fourth-order valence-electron chi connectivity index (χ4n) is 2.84. The summed E-state index contributed by atoms with van der Waals surface area (Å²) in [5.41, 5.74) is 0.761. The highest BCUT2D eigenvalue weighted by molar-refractivity contribution is 7.99. The van der Waals surface area contributed by atoms with Crippen LogP contribution in [0, 0.1) is 0 Å². The third kappa shape index (κ3) is 3.90. The quantitative estimate of drug-likeness (QED) is 0.708. The summed E-state index contributed by atoms with van der Waals surface area (Å²) >= 11 is 1.82. The summed E-state index contributed by atoms with van der Waals surface area (Å²) in [5, 5.41) is 5.61. The molecule has 3 heterocycles. The number of anilines is 1. The molecule has 1 atom stereocenters. The minimum absolute atomic E-state index is 0.0652. The third-order valence-electron chi connectivity index (χ3n) is 4.17. The fourth-order valence-corrected chi connectivity index (χ4v) is 3.93. The Kier molecular flexibility index (Phi) is 4.97. The van der Waals surface area contributed by atoms with Gasteiger partial charge in [-0.25, -0.2) is 9.67 Å². The lowest BCUT2D eigenvalue weighted by molar-refractivity contribution is 0.101. The number of hydrogen-bond donors (Lipinski definition) is 2. The average Bonchev–Trinajstić information content (AvgIpc) is 3.32. The van der Waals surface area contributed by atoms with E-state index in [1.54, 1.807) is 30.5 Å². The van der Waals surface area contributed by atoms with Crippen LogP contribution in [0.1, 0.15) is 16.8 Å². The van der Waals surface area contributed by atoms with Gasteiger partial charge in [0.1, 0.15) is 17.5 Å². The number of aromatic amines is 1. The highest BCUT2D eigenvalue weighted by Gasteiger charge is 2.21. The van der Waals surface area contributed by atoms with Crippen molar-refractivity contribution < 1.29 is 9.53 Å². The van der Waals surface area contributed by atoms with Crippen molar-refractivity contribution in [3.05, 3.63) is 70.6 Å². The number of aromatic nitrogens is 3. The Labute approximate surface area is 159 Å². The second kappa shape index (κ2) is 7.71. The van der Waals surface area contributed by atoms with E-state index < -0.39 is 0 Å². The molecule has 138 valence electrons. The van der Waals surface area contributed by atoms with Crippen LogP contribution in [-0.4, -0.2) is 38.3 Å². The maximum Gasteiger partial charge on any atom is 0.273 e. The van der Waals surface area contributed by atoms with Crippen LogP contribution in [0.5, 0.6) is 5.88 Å². The van der Waals surface area contributed by atoms with Crippen molar-refractivity contribution in [3.8, 4) is 11.6 Å². The van der Waals surface area contributed by atoms with E-state index in [2.05, 4.69) is 15.4 Å².